The van der Waals surface area contributed by atoms with E-state index in [4.69, 9.17) is 0 Å². The lowest BCUT2D eigenvalue weighted by Crippen LogP contribution is -2.40. The maximum atomic E-state index is 13.1. The van der Waals surface area contributed by atoms with Gasteiger partial charge in [-0.05, 0) is 42.5 Å². The van der Waals surface area contributed by atoms with Gasteiger partial charge in [-0.3, -0.25) is 9.48 Å². The number of halogens is 2. The van der Waals surface area contributed by atoms with E-state index < -0.39 is 5.82 Å². The van der Waals surface area contributed by atoms with Crippen LogP contribution < -0.4 is 10.2 Å². The zero-order valence-corrected chi connectivity index (χ0v) is 13.7. The third kappa shape index (κ3) is 3.13. The maximum absolute atomic E-state index is 13.1. The molecule has 0 saturated carbocycles. The van der Waals surface area contributed by atoms with Crippen molar-refractivity contribution in [3.05, 3.63) is 71.7 Å². The van der Waals surface area contributed by atoms with Crippen LogP contribution in [-0.4, -0.2) is 27.2 Å². The first kappa shape index (κ1) is 16.2. The van der Waals surface area contributed by atoms with Crippen LogP contribution >= 0.6 is 0 Å². The topological polar surface area (TPSA) is 63.1 Å². The highest BCUT2D eigenvalue weighted by atomic mass is 19.1. The van der Waals surface area contributed by atoms with Gasteiger partial charge in [-0.15, -0.1) is 0 Å². The van der Waals surface area contributed by atoms with Gasteiger partial charge in [-0.2, -0.15) is 5.10 Å². The maximum Gasteiger partial charge on any atom is 0.276 e. The Bertz CT molecular complexity index is 937. The molecule has 26 heavy (non-hydrogen) atoms. The van der Waals surface area contributed by atoms with Crippen LogP contribution in [0.3, 0.4) is 0 Å². The summed E-state index contributed by atoms with van der Waals surface area (Å²) in [4.78, 5) is 18.3. The molecule has 3 heterocycles. The molecule has 0 atom stereocenters. The molecule has 132 valence electrons. The standard InChI is InChI=1S/C18H15F2N5O/c19-12-1-4-15(5-2-12)24-7-8-25-16(18(24)26)9-14(23-25)11-22-17-6-3-13(20)10-21-17/h1-6,9-10H,7-8,11H2,(H,21,22). The summed E-state index contributed by atoms with van der Waals surface area (Å²) in [7, 11) is 0. The summed E-state index contributed by atoms with van der Waals surface area (Å²) in [6.45, 7) is 1.38. The summed E-state index contributed by atoms with van der Waals surface area (Å²) in [5.74, 6) is -0.399. The van der Waals surface area contributed by atoms with E-state index >= 15 is 0 Å². The minimum atomic E-state index is -0.403. The first-order valence-electron chi connectivity index (χ1n) is 8.10. The number of hydrogen-bond acceptors (Lipinski definition) is 4. The molecular weight excluding hydrogens is 340 g/mol. The van der Waals surface area contributed by atoms with E-state index in [0.717, 1.165) is 6.20 Å². The normalized spacial score (nSPS) is 13.6. The van der Waals surface area contributed by atoms with E-state index in [1.807, 2.05) is 0 Å². The van der Waals surface area contributed by atoms with Gasteiger partial charge < -0.3 is 10.2 Å². The molecule has 0 bridgehead atoms. The number of fused-ring (bicyclic) bond motifs is 1. The summed E-state index contributed by atoms with van der Waals surface area (Å²) < 4.78 is 27.6. The van der Waals surface area contributed by atoms with Crippen LogP contribution in [0.5, 0.6) is 0 Å². The Hall–Kier alpha value is -3.29. The average Bonchev–Trinajstić information content (AvgIpc) is 3.07. The van der Waals surface area contributed by atoms with E-state index in [9.17, 15) is 13.6 Å². The van der Waals surface area contributed by atoms with Crippen LogP contribution in [0, 0.1) is 11.6 Å². The van der Waals surface area contributed by atoms with Crippen LogP contribution in [-0.2, 0) is 13.1 Å². The van der Waals surface area contributed by atoms with Crippen LogP contribution in [0.2, 0.25) is 0 Å². The molecule has 1 aliphatic heterocycles. The number of carbonyl (C=O) groups is 1. The van der Waals surface area contributed by atoms with E-state index in [1.165, 1.54) is 24.3 Å². The summed E-state index contributed by atoms with van der Waals surface area (Å²) in [6.07, 6.45) is 1.13. The van der Waals surface area contributed by atoms with E-state index in [2.05, 4.69) is 15.4 Å². The van der Waals surface area contributed by atoms with E-state index in [1.54, 1.807) is 27.8 Å². The molecule has 0 spiro atoms. The molecule has 3 aromatic rings. The Kier molecular flexibility index (Phi) is 4.08. The van der Waals surface area contributed by atoms with Crippen molar-refractivity contribution in [3.8, 4) is 0 Å². The third-order valence-electron chi connectivity index (χ3n) is 4.15. The highest BCUT2D eigenvalue weighted by Gasteiger charge is 2.27. The largest absolute Gasteiger partial charge is 0.364 e. The van der Waals surface area contributed by atoms with Crippen molar-refractivity contribution in [3.63, 3.8) is 0 Å². The Morgan fingerprint density at radius 1 is 1.04 bits per heavy atom. The van der Waals surface area contributed by atoms with Gasteiger partial charge in [-0.25, -0.2) is 13.8 Å². The van der Waals surface area contributed by atoms with Crippen molar-refractivity contribution in [2.45, 2.75) is 13.1 Å². The second-order valence-corrected chi connectivity index (χ2v) is 5.89. The molecule has 1 N–H and O–H groups in total. The van der Waals surface area contributed by atoms with E-state index in [-0.39, 0.29) is 11.7 Å². The molecule has 0 unspecified atom stereocenters. The molecule has 0 saturated heterocycles. The summed E-state index contributed by atoms with van der Waals surface area (Å²) in [5, 5.41) is 7.46. The molecule has 0 radical (unpaired) electrons. The molecule has 6 nitrogen and oxygen atoms in total. The Morgan fingerprint density at radius 3 is 2.54 bits per heavy atom. The SMILES string of the molecule is O=C1c2cc(CNc3ccc(F)cn3)nn2CCN1c1ccc(F)cc1. The molecule has 1 aromatic carbocycles. The molecule has 2 aromatic heterocycles. The van der Waals surface area contributed by atoms with E-state index in [0.29, 0.717) is 42.5 Å². The molecule has 8 heteroatoms. The van der Waals surface area contributed by atoms with Crippen LogP contribution in [0.4, 0.5) is 20.3 Å². The number of carbonyl (C=O) groups excluding carboxylic acids is 1. The first-order valence-corrected chi connectivity index (χ1v) is 8.10. The first-order chi connectivity index (χ1) is 12.6. The second-order valence-electron chi connectivity index (χ2n) is 5.89. The number of nitrogens with one attached hydrogen (secondary N) is 1. The molecule has 1 amide bonds. The fraction of sp³-hybridized carbons (Fsp3) is 0.167. The zero-order valence-electron chi connectivity index (χ0n) is 13.7. The van der Waals surface area contributed by atoms with Gasteiger partial charge in [0.2, 0.25) is 0 Å². The lowest BCUT2D eigenvalue weighted by atomic mass is 10.2. The van der Waals surface area contributed by atoms with Crippen molar-refractivity contribution in [2.75, 3.05) is 16.8 Å². The van der Waals surface area contributed by atoms with Crippen LogP contribution in [0.25, 0.3) is 0 Å². The minimum Gasteiger partial charge on any atom is -0.364 e. The summed E-state index contributed by atoms with van der Waals surface area (Å²) >= 11 is 0. The monoisotopic (exact) mass is 355 g/mol. The molecule has 0 fully saturated rings. The van der Waals surface area contributed by atoms with Crippen LogP contribution in [0.15, 0.2) is 48.7 Å². The quantitative estimate of drug-likeness (QED) is 0.782. The van der Waals surface area contributed by atoms with Crippen molar-refractivity contribution in [1.29, 1.82) is 0 Å². The van der Waals surface area contributed by atoms with Crippen molar-refractivity contribution in [2.24, 2.45) is 0 Å². The van der Waals surface area contributed by atoms with Gasteiger partial charge >= 0.3 is 0 Å². The van der Waals surface area contributed by atoms with Crippen molar-refractivity contribution >= 4 is 17.4 Å². The highest BCUT2D eigenvalue weighted by molar-refractivity contribution is 6.05. The Labute approximate surface area is 148 Å². The molecule has 4 rings (SSSR count). The highest BCUT2D eigenvalue weighted by Crippen LogP contribution is 2.22. The number of amides is 1. The summed E-state index contributed by atoms with van der Waals surface area (Å²) in [6, 6.07) is 10.4. The van der Waals surface area contributed by atoms with Gasteiger partial charge in [0.15, 0.2) is 0 Å². The number of aromatic nitrogens is 3. The fourth-order valence-electron chi connectivity index (χ4n) is 2.86. The molecule has 0 aliphatic carbocycles. The number of anilines is 2. The number of benzene rings is 1. The second kappa shape index (κ2) is 6.55. The lowest BCUT2D eigenvalue weighted by Gasteiger charge is -2.27. The summed E-state index contributed by atoms with van der Waals surface area (Å²) in [5.41, 5.74) is 1.81. The number of pyridine rings is 1. The number of rotatable bonds is 4. The van der Waals surface area contributed by atoms with Gasteiger partial charge in [0, 0.05) is 12.2 Å². The predicted molar refractivity (Wildman–Crippen MR) is 91.8 cm³/mol. The minimum absolute atomic E-state index is 0.179. The molecular formula is C18H15F2N5O. The molecule has 1 aliphatic rings. The average molecular weight is 355 g/mol. The Morgan fingerprint density at radius 2 is 1.81 bits per heavy atom. The number of hydrogen-bond donors (Lipinski definition) is 1. The van der Waals surface area contributed by atoms with Gasteiger partial charge in [0.25, 0.3) is 5.91 Å². The third-order valence-corrected chi connectivity index (χ3v) is 4.15. The van der Waals surface area contributed by atoms with Crippen LogP contribution in [0.1, 0.15) is 16.2 Å². The zero-order chi connectivity index (χ0) is 18.1. The van der Waals surface area contributed by atoms with Gasteiger partial charge in [-0.1, -0.05) is 0 Å². The predicted octanol–water partition coefficient (Wildman–Crippen LogP) is 2.83. The van der Waals surface area contributed by atoms with Gasteiger partial charge in [0.1, 0.15) is 23.1 Å². The van der Waals surface area contributed by atoms with Gasteiger partial charge in [0.05, 0.1) is 25.0 Å². The number of nitrogens with zero attached hydrogens (tertiary/aromatic N) is 4. The fourth-order valence-corrected chi connectivity index (χ4v) is 2.86. The Balaban J connectivity index is 1.49. The smallest absolute Gasteiger partial charge is 0.276 e. The van der Waals surface area contributed by atoms with Crippen molar-refractivity contribution < 1.29 is 13.6 Å². The lowest BCUT2D eigenvalue weighted by molar-refractivity contribution is 0.0962. The van der Waals surface area contributed by atoms with Crippen molar-refractivity contribution in [1.82, 2.24) is 14.8 Å².